The van der Waals surface area contributed by atoms with Gasteiger partial charge in [-0.15, -0.1) is 0 Å². The molecule has 7 heteroatoms. The van der Waals surface area contributed by atoms with Gasteiger partial charge in [0, 0.05) is 19.5 Å². The molecule has 1 atom stereocenters. The number of anilines is 2. The second-order valence-corrected chi connectivity index (χ2v) is 7.09. The zero-order valence-electron chi connectivity index (χ0n) is 16.6. The van der Waals surface area contributed by atoms with Crippen LogP contribution in [0.2, 0.25) is 0 Å². The molecule has 3 aromatic rings. The number of nitrogens with one attached hydrogen (secondary N) is 1. The number of amides is 2. The predicted molar refractivity (Wildman–Crippen MR) is 112 cm³/mol. The fourth-order valence-corrected chi connectivity index (χ4v) is 3.61. The number of ether oxygens (including phenoxy) is 1. The second kappa shape index (κ2) is 7.95. The average molecular weight is 392 g/mol. The Balaban J connectivity index is 1.49. The topological polar surface area (TPSA) is 76.5 Å². The minimum absolute atomic E-state index is 0.144. The predicted octanol–water partition coefficient (Wildman–Crippen LogP) is 3.59. The molecule has 7 nitrogen and oxygen atoms in total. The number of para-hydroxylation sites is 4. The highest BCUT2D eigenvalue weighted by Crippen LogP contribution is 2.33. The van der Waals surface area contributed by atoms with Gasteiger partial charge in [0.15, 0.2) is 6.10 Å². The molecule has 29 heavy (non-hydrogen) atoms. The number of carbonyl (C=O) groups is 2. The van der Waals surface area contributed by atoms with E-state index in [0.29, 0.717) is 17.4 Å². The number of nitrogens with zero attached hydrogens (tertiary/aromatic N) is 3. The minimum atomic E-state index is -0.568. The largest absolute Gasteiger partial charge is 0.479 e. The summed E-state index contributed by atoms with van der Waals surface area (Å²) in [6, 6.07) is 15.2. The quantitative estimate of drug-likeness (QED) is 0.696. The van der Waals surface area contributed by atoms with Gasteiger partial charge in [-0.3, -0.25) is 14.9 Å². The maximum Gasteiger partial charge on any atom is 0.267 e. The van der Waals surface area contributed by atoms with Crippen molar-refractivity contribution in [2.45, 2.75) is 39.3 Å². The molecule has 0 unspecified atom stereocenters. The third-order valence-electron chi connectivity index (χ3n) is 4.99. The molecule has 0 spiro atoms. The SMILES string of the molecule is CCCn1c(NC(=O)CCN2C(=O)[C@@H](C)Oc3ccccc32)nc2ccccc21. The highest BCUT2D eigenvalue weighted by Gasteiger charge is 2.31. The molecule has 0 saturated heterocycles. The normalized spacial score (nSPS) is 15.9. The Morgan fingerprint density at radius 2 is 1.90 bits per heavy atom. The molecule has 4 rings (SSSR count). The molecule has 150 valence electrons. The number of imidazole rings is 1. The van der Waals surface area contributed by atoms with Gasteiger partial charge in [-0.2, -0.15) is 0 Å². The monoisotopic (exact) mass is 392 g/mol. The zero-order chi connectivity index (χ0) is 20.4. The Morgan fingerprint density at radius 1 is 1.14 bits per heavy atom. The minimum Gasteiger partial charge on any atom is -0.479 e. The van der Waals surface area contributed by atoms with Crippen LogP contribution in [0, 0.1) is 0 Å². The lowest BCUT2D eigenvalue weighted by molar-refractivity contribution is -0.125. The molecule has 2 aromatic carbocycles. The maximum atomic E-state index is 12.7. The molecule has 0 radical (unpaired) electrons. The van der Waals surface area contributed by atoms with Crippen molar-refractivity contribution in [2.24, 2.45) is 0 Å². The number of hydrogen-bond donors (Lipinski definition) is 1. The van der Waals surface area contributed by atoms with Gasteiger partial charge >= 0.3 is 0 Å². The first kappa shape index (κ1) is 19.0. The number of rotatable bonds is 6. The summed E-state index contributed by atoms with van der Waals surface area (Å²) in [6.07, 6.45) is 0.532. The van der Waals surface area contributed by atoms with Gasteiger partial charge in [-0.1, -0.05) is 31.2 Å². The van der Waals surface area contributed by atoms with Gasteiger partial charge in [0.2, 0.25) is 11.9 Å². The van der Waals surface area contributed by atoms with Crippen molar-refractivity contribution < 1.29 is 14.3 Å². The van der Waals surface area contributed by atoms with E-state index in [4.69, 9.17) is 4.74 Å². The summed E-state index contributed by atoms with van der Waals surface area (Å²) < 4.78 is 7.67. The molecule has 2 amide bonds. The fourth-order valence-electron chi connectivity index (χ4n) is 3.61. The van der Waals surface area contributed by atoms with E-state index >= 15 is 0 Å². The first-order valence-corrected chi connectivity index (χ1v) is 9.90. The highest BCUT2D eigenvalue weighted by molar-refractivity contribution is 6.00. The van der Waals surface area contributed by atoms with Crippen LogP contribution in [-0.4, -0.2) is 34.0 Å². The summed E-state index contributed by atoms with van der Waals surface area (Å²) in [7, 11) is 0. The van der Waals surface area contributed by atoms with Crippen molar-refractivity contribution in [3.8, 4) is 5.75 Å². The molecule has 2 heterocycles. The summed E-state index contributed by atoms with van der Waals surface area (Å²) in [6.45, 7) is 4.85. The summed E-state index contributed by atoms with van der Waals surface area (Å²) in [5, 5.41) is 2.92. The zero-order valence-corrected chi connectivity index (χ0v) is 16.6. The summed E-state index contributed by atoms with van der Waals surface area (Å²) in [5.41, 5.74) is 2.54. The highest BCUT2D eigenvalue weighted by atomic mass is 16.5. The smallest absolute Gasteiger partial charge is 0.267 e. The molecule has 0 saturated carbocycles. The van der Waals surface area contributed by atoms with E-state index in [0.717, 1.165) is 24.0 Å². The molecular formula is C22H24N4O3. The Hall–Kier alpha value is -3.35. The van der Waals surface area contributed by atoms with Crippen molar-refractivity contribution >= 4 is 34.5 Å². The standard InChI is InChI=1S/C22H24N4O3/c1-3-13-26-17-9-5-4-8-16(17)23-22(26)24-20(27)12-14-25-18-10-6-7-11-19(18)29-15(2)21(25)28/h4-11,15H,3,12-14H2,1-2H3,(H,23,24,27)/t15-/m1/s1. The van der Waals surface area contributed by atoms with E-state index in [1.807, 2.05) is 53.1 Å². The number of fused-ring (bicyclic) bond motifs is 2. The van der Waals surface area contributed by atoms with Crippen LogP contribution >= 0.6 is 0 Å². The van der Waals surface area contributed by atoms with Crippen LogP contribution in [0.1, 0.15) is 26.7 Å². The van der Waals surface area contributed by atoms with Crippen molar-refractivity contribution in [3.63, 3.8) is 0 Å². The van der Waals surface area contributed by atoms with E-state index in [2.05, 4.69) is 17.2 Å². The van der Waals surface area contributed by atoms with Crippen LogP contribution in [0.15, 0.2) is 48.5 Å². The lowest BCUT2D eigenvalue weighted by Crippen LogP contribution is -2.45. The lowest BCUT2D eigenvalue weighted by Gasteiger charge is -2.32. The Labute approximate surface area is 169 Å². The van der Waals surface area contributed by atoms with Crippen LogP contribution in [0.4, 0.5) is 11.6 Å². The van der Waals surface area contributed by atoms with Gasteiger partial charge in [0.05, 0.1) is 16.7 Å². The van der Waals surface area contributed by atoms with Crippen molar-refractivity contribution in [3.05, 3.63) is 48.5 Å². The summed E-state index contributed by atoms with van der Waals surface area (Å²) >= 11 is 0. The molecule has 1 N–H and O–H groups in total. The average Bonchev–Trinajstić information content (AvgIpc) is 3.06. The molecule has 0 bridgehead atoms. The van der Waals surface area contributed by atoms with Crippen LogP contribution in [0.5, 0.6) is 5.75 Å². The number of aryl methyl sites for hydroxylation is 1. The first-order valence-electron chi connectivity index (χ1n) is 9.90. The van der Waals surface area contributed by atoms with E-state index < -0.39 is 6.10 Å². The number of hydrogen-bond acceptors (Lipinski definition) is 4. The molecular weight excluding hydrogens is 368 g/mol. The molecule has 1 aliphatic heterocycles. The van der Waals surface area contributed by atoms with Gasteiger partial charge in [-0.25, -0.2) is 4.98 Å². The van der Waals surface area contributed by atoms with Crippen LogP contribution in [-0.2, 0) is 16.1 Å². The molecule has 0 aliphatic carbocycles. The molecule has 1 aliphatic rings. The fraction of sp³-hybridized carbons (Fsp3) is 0.318. The van der Waals surface area contributed by atoms with Crippen molar-refractivity contribution in [2.75, 3.05) is 16.8 Å². The van der Waals surface area contributed by atoms with E-state index in [1.165, 1.54) is 0 Å². The summed E-state index contributed by atoms with van der Waals surface area (Å²) in [4.78, 5) is 31.4. The number of benzene rings is 2. The van der Waals surface area contributed by atoms with Gasteiger partial charge in [0.1, 0.15) is 5.75 Å². The van der Waals surface area contributed by atoms with Gasteiger partial charge in [0.25, 0.3) is 5.91 Å². The van der Waals surface area contributed by atoms with Crippen LogP contribution in [0.3, 0.4) is 0 Å². The van der Waals surface area contributed by atoms with Crippen LogP contribution in [0.25, 0.3) is 11.0 Å². The lowest BCUT2D eigenvalue weighted by atomic mass is 10.1. The summed E-state index contributed by atoms with van der Waals surface area (Å²) in [5.74, 6) is 0.877. The first-order chi connectivity index (χ1) is 14.1. The van der Waals surface area contributed by atoms with Gasteiger partial charge in [-0.05, 0) is 37.6 Å². The van der Waals surface area contributed by atoms with E-state index in [9.17, 15) is 9.59 Å². The molecule has 1 aromatic heterocycles. The third-order valence-corrected chi connectivity index (χ3v) is 4.99. The Morgan fingerprint density at radius 3 is 2.72 bits per heavy atom. The number of carbonyl (C=O) groups excluding carboxylic acids is 2. The van der Waals surface area contributed by atoms with Crippen molar-refractivity contribution in [1.82, 2.24) is 9.55 Å². The second-order valence-electron chi connectivity index (χ2n) is 7.09. The molecule has 0 fully saturated rings. The number of aromatic nitrogens is 2. The maximum absolute atomic E-state index is 12.7. The van der Waals surface area contributed by atoms with E-state index in [1.54, 1.807) is 11.8 Å². The Kier molecular flexibility index (Phi) is 5.20. The van der Waals surface area contributed by atoms with E-state index in [-0.39, 0.29) is 24.8 Å². The van der Waals surface area contributed by atoms with Crippen molar-refractivity contribution in [1.29, 1.82) is 0 Å². The third kappa shape index (κ3) is 3.68. The Bertz CT molecular complexity index is 1060. The van der Waals surface area contributed by atoms with Gasteiger partial charge < -0.3 is 14.2 Å². The van der Waals surface area contributed by atoms with Crippen LogP contribution < -0.4 is 15.0 Å².